The van der Waals surface area contributed by atoms with Gasteiger partial charge in [0.2, 0.25) is 0 Å². The number of nitrogens with zero attached hydrogens (tertiary/aromatic N) is 1. The molecule has 0 unspecified atom stereocenters. The van der Waals surface area contributed by atoms with E-state index >= 15 is 0 Å². The molecular weight excluding hydrogens is 313 g/mol. The first-order valence-electron chi connectivity index (χ1n) is 5.95. The summed E-state index contributed by atoms with van der Waals surface area (Å²) in [5.41, 5.74) is -2.24. The Balaban J connectivity index is 3.37. The van der Waals surface area contributed by atoms with E-state index in [2.05, 4.69) is 9.47 Å². The van der Waals surface area contributed by atoms with Crippen molar-refractivity contribution in [3.8, 4) is 11.8 Å². The van der Waals surface area contributed by atoms with E-state index in [1.54, 1.807) is 0 Å². The second-order valence-electron chi connectivity index (χ2n) is 3.96. The normalized spacial score (nSPS) is 11.2. The van der Waals surface area contributed by atoms with Gasteiger partial charge in [0, 0.05) is 11.1 Å². The molecule has 0 N–H and O–H groups in total. The first-order valence-corrected chi connectivity index (χ1v) is 5.95. The molecule has 22 heavy (non-hydrogen) atoms. The standard InChI is InChI=1S/C13H10F5NO3/c1-2-21-10(20)5-7-3-4-8(12(14)15)9(6-19)11(7)22-13(16,17)18/h3-4,12H,2,5H2,1H3. The van der Waals surface area contributed by atoms with Crippen molar-refractivity contribution in [2.45, 2.75) is 26.1 Å². The van der Waals surface area contributed by atoms with Crippen LogP contribution in [0.5, 0.6) is 5.75 Å². The van der Waals surface area contributed by atoms with Gasteiger partial charge in [0.05, 0.1) is 13.0 Å². The summed E-state index contributed by atoms with van der Waals surface area (Å²) in [7, 11) is 0. The van der Waals surface area contributed by atoms with Crippen LogP contribution >= 0.6 is 0 Å². The largest absolute Gasteiger partial charge is 0.573 e. The molecule has 0 saturated carbocycles. The fourth-order valence-corrected chi connectivity index (χ4v) is 1.68. The third-order valence-corrected chi connectivity index (χ3v) is 2.48. The van der Waals surface area contributed by atoms with E-state index < -0.39 is 42.1 Å². The maximum Gasteiger partial charge on any atom is 0.573 e. The van der Waals surface area contributed by atoms with Crippen molar-refractivity contribution in [3.63, 3.8) is 0 Å². The van der Waals surface area contributed by atoms with Gasteiger partial charge in [0.1, 0.15) is 11.6 Å². The number of hydrogen-bond donors (Lipinski definition) is 0. The Morgan fingerprint density at radius 1 is 1.36 bits per heavy atom. The predicted molar refractivity (Wildman–Crippen MR) is 63.1 cm³/mol. The van der Waals surface area contributed by atoms with Crippen LogP contribution in [0.4, 0.5) is 22.0 Å². The molecule has 120 valence electrons. The summed E-state index contributed by atoms with van der Waals surface area (Å²) in [6.07, 6.45) is -9.00. The van der Waals surface area contributed by atoms with Crippen molar-refractivity contribution in [1.82, 2.24) is 0 Å². The topological polar surface area (TPSA) is 59.3 Å². The molecule has 0 saturated heterocycles. The number of halogens is 5. The molecule has 1 aromatic carbocycles. The molecule has 9 heteroatoms. The zero-order chi connectivity index (χ0) is 16.9. The summed E-state index contributed by atoms with van der Waals surface area (Å²) >= 11 is 0. The fraction of sp³-hybridized carbons (Fsp3) is 0.385. The lowest BCUT2D eigenvalue weighted by Gasteiger charge is -2.16. The lowest BCUT2D eigenvalue weighted by molar-refractivity contribution is -0.275. The number of carbonyl (C=O) groups is 1. The SMILES string of the molecule is CCOC(=O)Cc1ccc(C(F)F)c(C#N)c1OC(F)(F)F. The Bertz CT molecular complexity index is 593. The van der Waals surface area contributed by atoms with Crippen molar-refractivity contribution in [2.24, 2.45) is 0 Å². The van der Waals surface area contributed by atoms with E-state index in [9.17, 15) is 26.7 Å². The van der Waals surface area contributed by atoms with Crippen LogP contribution in [0.1, 0.15) is 30.0 Å². The zero-order valence-electron chi connectivity index (χ0n) is 11.2. The minimum Gasteiger partial charge on any atom is -0.466 e. The highest BCUT2D eigenvalue weighted by Crippen LogP contribution is 2.36. The summed E-state index contributed by atoms with van der Waals surface area (Å²) in [6, 6.07) is 2.91. The number of benzene rings is 1. The highest BCUT2D eigenvalue weighted by atomic mass is 19.4. The van der Waals surface area contributed by atoms with Gasteiger partial charge in [-0.25, -0.2) is 8.78 Å². The second kappa shape index (κ2) is 7.06. The van der Waals surface area contributed by atoms with Crippen LogP contribution in [0.3, 0.4) is 0 Å². The molecule has 0 fully saturated rings. The van der Waals surface area contributed by atoms with Gasteiger partial charge in [0.15, 0.2) is 5.75 Å². The quantitative estimate of drug-likeness (QED) is 0.615. The molecule has 0 aromatic heterocycles. The van der Waals surface area contributed by atoms with Gasteiger partial charge in [-0.1, -0.05) is 12.1 Å². The first-order chi connectivity index (χ1) is 10.2. The van der Waals surface area contributed by atoms with Gasteiger partial charge in [-0.15, -0.1) is 13.2 Å². The molecule has 0 radical (unpaired) electrons. The highest BCUT2D eigenvalue weighted by molar-refractivity contribution is 5.74. The van der Waals surface area contributed by atoms with Gasteiger partial charge in [-0.2, -0.15) is 5.26 Å². The molecule has 0 amide bonds. The van der Waals surface area contributed by atoms with Crippen molar-refractivity contribution in [2.75, 3.05) is 6.61 Å². The Morgan fingerprint density at radius 3 is 2.45 bits per heavy atom. The minimum atomic E-state index is -5.20. The van der Waals surface area contributed by atoms with E-state index in [4.69, 9.17) is 5.26 Å². The highest BCUT2D eigenvalue weighted by Gasteiger charge is 2.35. The second-order valence-corrected chi connectivity index (χ2v) is 3.96. The molecule has 0 aliphatic heterocycles. The molecule has 1 aromatic rings. The number of hydrogen-bond acceptors (Lipinski definition) is 4. The van der Waals surface area contributed by atoms with E-state index in [-0.39, 0.29) is 12.2 Å². The minimum absolute atomic E-state index is 0.00544. The van der Waals surface area contributed by atoms with Crippen LogP contribution in [0.2, 0.25) is 0 Å². The van der Waals surface area contributed by atoms with Gasteiger partial charge < -0.3 is 9.47 Å². The average Bonchev–Trinajstić information content (AvgIpc) is 2.38. The van der Waals surface area contributed by atoms with Crippen LogP contribution in [0.15, 0.2) is 12.1 Å². The van der Waals surface area contributed by atoms with Crippen LogP contribution in [-0.2, 0) is 16.0 Å². The van der Waals surface area contributed by atoms with Gasteiger partial charge in [-0.05, 0) is 6.92 Å². The Morgan fingerprint density at radius 2 is 2.00 bits per heavy atom. The summed E-state index contributed by atoms with van der Waals surface area (Å²) < 4.78 is 71.0. The average molecular weight is 323 g/mol. The molecule has 0 aliphatic rings. The van der Waals surface area contributed by atoms with E-state index in [0.29, 0.717) is 0 Å². The van der Waals surface area contributed by atoms with Crippen LogP contribution < -0.4 is 4.74 Å². The van der Waals surface area contributed by atoms with E-state index in [1.807, 2.05) is 0 Å². The van der Waals surface area contributed by atoms with Crippen LogP contribution in [-0.4, -0.2) is 18.9 Å². The van der Waals surface area contributed by atoms with E-state index in [0.717, 1.165) is 12.1 Å². The third kappa shape index (κ3) is 4.58. The number of nitriles is 1. The smallest absolute Gasteiger partial charge is 0.466 e. The van der Waals surface area contributed by atoms with Gasteiger partial charge in [0.25, 0.3) is 6.43 Å². The van der Waals surface area contributed by atoms with Gasteiger partial charge >= 0.3 is 12.3 Å². The number of carbonyl (C=O) groups excluding carboxylic acids is 1. The lowest BCUT2D eigenvalue weighted by Crippen LogP contribution is -2.20. The fourth-order valence-electron chi connectivity index (χ4n) is 1.68. The van der Waals surface area contributed by atoms with Crippen molar-refractivity contribution in [1.29, 1.82) is 5.26 Å². The predicted octanol–water partition coefficient (Wildman–Crippen LogP) is 3.50. The Hall–Kier alpha value is -2.37. The molecule has 0 atom stereocenters. The lowest BCUT2D eigenvalue weighted by atomic mass is 10.0. The number of esters is 1. The molecule has 0 spiro atoms. The van der Waals surface area contributed by atoms with Gasteiger partial charge in [-0.3, -0.25) is 4.79 Å². The maximum absolute atomic E-state index is 12.8. The summed E-state index contributed by atoms with van der Waals surface area (Å²) in [5, 5.41) is 8.86. The molecular formula is C13H10F5NO3. The first kappa shape index (κ1) is 17.7. The summed E-state index contributed by atoms with van der Waals surface area (Å²) in [6.45, 7) is 1.49. The van der Waals surface area contributed by atoms with E-state index in [1.165, 1.54) is 13.0 Å². The number of rotatable bonds is 5. The third-order valence-electron chi connectivity index (χ3n) is 2.48. The van der Waals surface area contributed by atoms with Crippen molar-refractivity contribution >= 4 is 5.97 Å². The molecule has 0 aliphatic carbocycles. The van der Waals surface area contributed by atoms with Crippen molar-refractivity contribution in [3.05, 3.63) is 28.8 Å². The zero-order valence-corrected chi connectivity index (χ0v) is 11.2. The molecule has 0 heterocycles. The number of ether oxygens (including phenoxy) is 2. The monoisotopic (exact) mass is 323 g/mol. The Kier molecular flexibility index (Phi) is 5.68. The number of alkyl halides is 5. The van der Waals surface area contributed by atoms with Crippen LogP contribution in [0, 0.1) is 11.3 Å². The van der Waals surface area contributed by atoms with Crippen molar-refractivity contribution < 1.29 is 36.2 Å². The maximum atomic E-state index is 12.8. The Labute approximate surface area is 122 Å². The summed E-state index contributed by atoms with van der Waals surface area (Å²) in [5.74, 6) is -1.98. The molecule has 4 nitrogen and oxygen atoms in total. The summed E-state index contributed by atoms with van der Waals surface area (Å²) in [4.78, 5) is 11.4. The molecule has 1 rings (SSSR count). The molecule has 0 bridgehead atoms. The van der Waals surface area contributed by atoms with Crippen LogP contribution in [0.25, 0.3) is 0 Å².